The van der Waals surface area contributed by atoms with Crippen molar-refractivity contribution in [3.63, 3.8) is 0 Å². The van der Waals surface area contributed by atoms with E-state index < -0.39 is 0 Å². The van der Waals surface area contributed by atoms with E-state index in [0.717, 1.165) is 51.3 Å². The smallest absolute Gasteiger partial charge is 0.143 e. The molecule has 1 aromatic carbocycles. The Balaban J connectivity index is 0.000000936. The molecule has 0 atom stereocenters. The van der Waals surface area contributed by atoms with Crippen molar-refractivity contribution in [2.75, 3.05) is 19.0 Å². The second-order valence-corrected chi connectivity index (χ2v) is 8.88. The van der Waals surface area contributed by atoms with E-state index in [4.69, 9.17) is 4.74 Å². The molecule has 200 valence electrons. The van der Waals surface area contributed by atoms with Crippen LogP contribution in [0.3, 0.4) is 0 Å². The molecule has 0 radical (unpaired) electrons. The van der Waals surface area contributed by atoms with Crippen LogP contribution in [0.5, 0.6) is 5.75 Å². The van der Waals surface area contributed by atoms with Crippen LogP contribution in [-0.4, -0.2) is 19.9 Å². The summed E-state index contributed by atoms with van der Waals surface area (Å²) in [5, 5.41) is 9.70. The van der Waals surface area contributed by atoms with Crippen LogP contribution in [-0.2, 0) is 6.54 Å². The Hall–Kier alpha value is -3.41. The van der Waals surface area contributed by atoms with Gasteiger partial charge < -0.3 is 26.4 Å². The number of anilines is 1. The molecule has 1 aliphatic heterocycles. The average Bonchev–Trinajstić information content (AvgIpc) is 2.83. The van der Waals surface area contributed by atoms with E-state index in [2.05, 4.69) is 73.8 Å². The van der Waals surface area contributed by atoms with Gasteiger partial charge in [0.15, 0.2) is 0 Å². The van der Waals surface area contributed by atoms with Gasteiger partial charge in [-0.25, -0.2) is 0 Å². The standard InChI is InChI=1S/C20H26N4O.C8H18.C2H5N/c1-7-22-16(5)20(21-6)14(3)15(4)23-11-17-8-9-19-18(10-17)24-13(2)12-25-19;1-4-5-6-7-8(2)3;1-2-3/h7-10,21,23-24H,2-4,11-12H2,1,5-6H3;8H,4-7H2,1-3H3;2H,1,3H2/b20-16+,22-7?;;. The second kappa shape index (κ2) is 18.9. The number of aliphatic imine (C=N–C) groups is 1. The molecule has 0 saturated carbocycles. The Morgan fingerprint density at radius 1 is 1.28 bits per heavy atom. The van der Waals surface area contributed by atoms with Crippen molar-refractivity contribution in [3.8, 4) is 5.75 Å². The van der Waals surface area contributed by atoms with E-state index in [0.29, 0.717) is 13.2 Å². The van der Waals surface area contributed by atoms with Crippen LogP contribution in [0.15, 0.2) is 84.1 Å². The van der Waals surface area contributed by atoms with Gasteiger partial charge in [0.25, 0.3) is 0 Å². The van der Waals surface area contributed by atoms with Gasteiger partial charge in [0.05, 0.1) is 17.1 Å². The van der Waals surface area contributed by atoms with E-state index in [1.165, 1.54) is 31.9 Å². The fraction of sp³-hybridized carbons (Fsp3) is 0.433. The van der Waals surface area contributed by atoms with Gasteiger partial charge in [0, 0.05) is 36.8 Å². The number of hydrogen-bond donors (Lipinski definition) is 4. The van der Waals surface area contributed by atoms with Gasteiger partial charge in [0.2, 0.25) is 0 Å². The maximum Gasteiger partial charge on any atom is 0.143 e. The van der Waals surface area contributed by atoms with Gasteiger partial charge in [-0.2, -0.15) is 0 Å². The van der Waals surface area contributed by atoms with E-state index in [-0.39, 0.29) is 0 Å². The average molecular weight is 496 g/mol. The van der Waals surface area contributed by atoms with Gasteiger partial charge in [-0.15, -0.1) is 0 Å². The van der Waals surface area contributed by atoms with Crippen LogP contribution >= 0.6 is 0 Å². The van der Waals surface area contributed by atoms with Crippen molar-refractivity contribution in [1.29, 1.82) is 0 Å². The summed E-state index contributed by atoms with van der Waals surface area (Å²) in [6.07, 6.45) is 8.61. The molecule has 1 aromatic rings. The van der Waals surface area contributed by atoms with Gasteiger partial charge >= 0.3 is 0 Å². The van der Waals surface area contributed by atoms with Gasteiger partial charge in [0.1, 0.15) is 12.4 Å². The SMILES string of the molecule is C=C1COc2ccc(CNC(=C)C(=C)/C(NC)=C(/C)N=CC)cc2N1.C=CN.CCCCCC(C)C. The molecule has 0 amide bonds. The van der Waals surface area contributed by atoms with Gasteiger partial charge in [-0.1, -0.05) is 78.8 Å². The van der Waals surface area contributed by atoms with E-state index >= 15 is 0 Å². The van der Waals surface area contributed by atoms with Crippen LogP contribution in [0.25, 0.3) is 0 Å². The number of nitrogens with zero attached hydrogens (tertiary/aromatic N) is 1. The Labute approximate surface area is 220 Å². The maximum atomic E-state index is 5.61. The molecule has 0 unspecified atom stereocenters. The first-order chi connectivity index (χ1) is 17.1. The molecule has 1 heterocycles. The molecule has 0 bridgehead atoms. The molecule has 36 heavy (non-hydrogen) atoms. The Morgan fingerprint density at radius 2 is 1.94 bits per heavy atom. The zero-order chi connectivity index (χ0) is 27.5. The number of nitrogens with one attached hydrogen (secondary N) is 3. The lowest BCUT2D eigenvalue weighted by molar-refractivity contribution is 0.346. The van der Waals surface area contributed by atoms with Crippen LogP contribution < -0.4 is 26.4 Å². The molecule has 6 heteroatoms. The summed E-state index contributed by atoms with van der Waals surface area (Å²) in [5.41, 5.74) is 10.8. The first kappa shape index (κ1) is 32.6. The lowest BCUT2D eigenvalue weighted by Gasteiger charge is -2.22. The maximum absolute atomic E-state index is 5.61. The Kier molecular flexibility index (Phi) is 17.1. The van der Waals surface area contributed by atoms with Crippen molar-refractivity contribution in [2.24, 2.45) is 16.6 Å². The fourth-order valence-corrected chi connectivity index (χ4v) is 3.38. The molecule has 6 nitrogen and oxygen atoms in total. The zero-order valence-electron chi connectivity index (χ0n) is 23.5. The number of likely N-dealkylation sites (N-methyl/N-ethyl adjacent to an activating group) is 1. The molecule has 1 aliphatic rings. The van der Waals surface area contributed by atoms with E-state index in [1.54, 1.807) is 6.21 Å². The molecule has 0 saturated heterocycles. The van der Waals surface area contributed by atoms with Gasteiger partial charge in [-0.3, -0.25) is 4.99 Å². The third-order valence-corrected chi connectivity index (χ3v) is 5.25. The van der Waals surface area contributed by atoms with Crippen LogP contribution in [0.2, 0.25) is 0 Å². The molecule has 0 aromatic heterocycles. The highest BCUT2D eigenvalue weighted by Gasteiger charge is 2.13. The minimum absolute atomic E-state index is 0.500. The van der Waals surface area contributed by atoms with Crippen LogP contribution in [0, 0.1) is 5.92 Å². The first-order valence-corrected chi connectivity index (χ1v) is 12.7. The minimum Gasteiger partial charge on any atom is -0.485 e. The fourth-order valence-electron chi connectivity index (χ4n) is 3.38. The zero-order valence-corrected chi connectivity index (χ0v) is 23.5. The molecule has 0 spiro atoms. The number of nitrogens with two attached hydrogens (primary N) is 1. The second-order valence-electron chi connectivity index (χ2n) is 8.88. The predicted octanol–water partition coefficient (Wildman–Crippen LogP) is 7.02. The van der Waals surface area contributed by atoms with Crippen LogP contribution in [0.4, 0.5) is 5.69 Å². The number of allylic oxidation sites excluding steroid dienone is 1. The third kappa shape index (κ3) is 12.9. The summed E-state index contributed by atoms with van der Waals surface area (Å²) in [5.74, 6) is 1.74. The highest BCUT2D eigenvalue weighted by Crippen LogP contribution is 2.30. The number of hydrogen-bond acceptors (Lipinski definition) is 6. The molecule has 0 fully saturated rings. The minimum atomic E-state index is 0.500. The summed E-state index contributed by atoms with van der Waals surface area (Å²) < 4.78 is 5.61. The number of rotatable bonds is 11. The van der Waals surface area contributed by atoms with Crippen molar-refractivity contribution >= 4 is 11.9 Å². The molecule has 0 aliphatic carbocycles. The van der Waals surface area contributed by atoms with E-state index in [9.17, 15) is 0 Å². The quantitative estimate of drug-likeness (QED) is 0.151. The largest absolute Gasteiger partial charge is 0.485 e. The lowest BCUT2D eigenvalue weighted by Crippen LogP contribution is -2.19. The summed E-state index contributed by atoms with van der Waals surface area (Å²) in [4.78, 5) is 4.30. The Morgan fingerprint density at radius 3 is 2.50 bits per heavy atom. The predicted molar refractivity (Wildman–Crippen MR) is 159 cm³/mol. The third-order valence-electron chi connectivity index (χ3n) is 5.25. The molecule has 5 N–H and O–H groups in total. The number of benzene rings is 1. The Bertz CT molecular complexity index is 912. The van der Waals surface area contributed by atoms with Gasteiger partial charge in [-0.05, 0) is 43.7 Å². The summed E-state index contributed by atoms with van der Waals surface area (Å²) in [7, 11) is 1.85. The lowest BCUT2D eigenvalue weighted by atomic mass is 10.1. The number of unbranched alkanes of at least 4 members (excludes halogenated alkanes) is 2. The number of fused-ring (bicyclic) bond motifs is 1. The molecular formula is C30H49N5O. The highest BCUT2D eigenvalue weighted by atomic mass is 16.5. The molecule has 2 rings (SSSR count). The summed E-state index contributed by atoms with van der Waals surface area (Å²) in [6, 6.07) is 6.03. The van der Waals surface area contributed by atoms with Crippen LogP contribution in [0.1, 0.15) is 65.9 Å². The van der Waals surface area contributed by atoms with Crippen molar-refractivity contribution in [3.05, 3.63) is 84.6 Å². The van der Waals surface area contributed by atoms with Crippen molar-refractivity contribution in [1.82, 2.24) is 10.6 Å². The van der Waals surface area contributed by atoms with E-state index in [1.807, 2.05) is 39.1 Å². The summed E-state index contributed by atoms with van der Waals surface area (Å²) >= 11 is 0. The molecular weight excluding hydrogens is 446 g/mol. The number of ether oxygens (including phenoxy) is 1. The highest BCUT2D eigenvalue weighted by molar-refractivity contribution is 5.63. The van der Waals surface area contributed by atoms with Crippen molar-refractivity contribution in [2.45, 2.75) is 66.8 Å². The first-order valence-electron chi connectivity index (χ1n) is 12.7. The van der Waals surface area contributed by atoms with Crippen molar-refractivity contribution < 1.29 is 4.74 Å². The topological polar surface area (TPSA) is 83.7 Å². The normalized spacial score (nSPS) is 12.5. The summed E-state index contributed by atoms with van der Waals surface area (Å²) in [6.45, 7) is 27.0. The monoisotopic (exact) mass is 495 g/mol.